The summed E-state index contributed by atoms with van der Waals surface area (Å²) in [7, 11) is 1.33. The molecule has 0 aromatic carbocycles. The monoisotopic (exact) mass is 217 g/mol. The largest absolute Gasteiger partial charge is 0.468 e. The van der Waals surface area contributed by atoms with Gasteiger partial charge in [-0.3, -0.25) is 9.69 Å². The molecule has 0 aliphatic carbocycles. The van der Waals surface area contributed by atoms with E-state index in [0.29, 0.717) is 6.42 Å². The van der Waals surface area contributed by atoms with Crippen LogP contribution in [0.5, 0.6) is 0 Å². The van der Waals surface area contributed by atoms with Crippen LogP contribution in [-0.2, 0) is 9.53 Å². The third-order valence-electron chi connectivity index (χ3n) is 3.61. The number of aliphatic hydroxyl groups excluding tert-OH is 1. The van der Waals surface area contributed by atoms with E-state index in [2.05, 4.69) is 0 Å². The van der Waals surface area contributed by atoms with Gasteiger partial charge in [0.1, 0.15) is 11.7 Å². The van der Waals surface area contributed by atoms with Gasteiger partial charge >= 0.3 is 5.97 Å². The van der Waals surface area contributed by atoms with E-state index in [0.717, 1.165) is 6.42 Å². The van der Waals surface area contributed by atoms with Crippen LogP contribution in [0, 0.1) is 0 Å². The predicted molar refractivity (Wildman–Crippen MR) is 51.1 cm³/mol. The molecule has 0 radical (unpaired) electrons. The molecule has 0 aromatic rings. The normalized spacial score (nSPS) is 40.5. The molecule has 3 atom stereocenters. The minimum Gasteiger partial charge on any atom is -0.468 e. The van der Waals surface area contributed by atoms with Crippen LogP contribution in [0.25, 0.3) is 0 Å². The Balaban J connectivity index is 2.25. The minimum atomic E-state index is -0.988. The zero-order chi connectivity index (χ0) is 11.1. The Morgan fingerprint density at radius 1 is 1.73 bits per heavy atom. The second-order valence-electron chi connectivity index (χ2n) is 4.35. The highest BCUT2D eigenvalue weighted by molar-refractivity contribution is 5.82. The van der Waals surface area contributed by atoms with Gasteiger partial charge in [-0.1, -0.05) is 0 Å². The maximum Gasteiger partial charge on any atom is 0.326 e. The highest BCUT2D eigenvalue weighted by Gasteiger charge is 2.58. The second kappa shape index (κ2) is 3.72. The number of methoxy groups -OCH3 is 1. The number of esters is 1. The van der Waals surface area contributed by atoms with Crippen molar-refractivity contribution in [1.82, 2.24) is 4.90 Å². The van der Waals surface area contributed by atoms with E-state index in [1.165, 1.54) is 7.11 Å². The second-order valence-corrected chi connectivity index (χ2v) is 4.35. The molecule has 1 N–H and O–H groups in total. The topological polar surface area (TPSA) is 49.8 Å². The van der Waals surface area contributed by atoms with Crippen LogP contribution in [0.15, 0.2) is 0 Å². The SMILES string of the molecule is COC(=O)[C@@]12CC[C@@H](CO)N1C[C@H](F)C2. The van der Waals surface area contributed by atoms with Crippen LogP contribution in [-0.4, -0.2) is 54.0 Å². The number of fused-ring (bicyclic) bond motifs is 1. The lowest BCUT2D eigenvalue weighted by atomic mass is 9.94. The molecule has 4 nitrogen and oxygen atoms in total. The molecule has 2 rings (SSSR count). The standard InChI is InChI=1S/C10H16FNO3/c1-15-9(14)10-3-2-8(6-13)12(10)5-7(11)4-10/h7-8,13H,2-6H2,1H3/t7-,8+,10+/m1/s1. The molecule has 2 fully saturated rings. The first-order valence-corrected chi connectivity index (χ1v) is 5.24. The molecule has 0 saturated carbocycles. The number of ether oxygens (including phenoxy) is 1. The summed E-state index contributed by atoms with van der Waals surface area (Å²) in [6.45, 7) is 0.214. The van der Waals surface area contributed by atoms with Crippen molar-refractivity contribution in [2.75, 3.05) is 20.3 Å². The summed E-state index contributed by atoms with van der Waals surface area (Å²) < 4.78 is 18.1. The Morgan fingerprint density at radius 2 is 2.47 bits per heavy atom. The molecule has 0 unspecified atom stereocenters. The number of carbonyl (C=O) groups excluding carboxylic acids is 1. The third kappa shape index (κ3) is 1.45. The van der Waals surface area contributed by atoms with E-state index < -0.39 is 11.7 Å². The van der Waals surface area contributed by atoms with Gasteiger partial charge in [-0.15, -0.1) is 0 Å². The number of halogens is 1. The van der Waals surface area contributed by atoms with Crippen molar-refractivity contribution in [3.05, 3.63) is 0 Å². The summed E-state index contributed by atoms with van der Waals surface area (Å²) in [5, 5.41) is 9.15. The predicted octanol–water partition coefficient (Wildman–Crippen LogP) is 0.0967. The van der Waals surface area contributed by atoms with Crippen molar-refractivity contribution in [2.24, 2.45) is 0 Å². The number of nitrogens with zero attached hydrogens (tertiary/aromatic N) is 1. The van der Waals surface area contributed by atoms with Crippen LogP contribution >= 0.6 is 0 Å². The molecular formula is C10H16FNO3. The Morgan fingerprint density at radius 3 is 3.07 bits per heavy atom. The van der Waals surface area contributed by atoms with Crippen molar-refractivity contribution in [3.8, 4) is 0 Å². The Kier molecular flexibility index (Phi) is 2.68. The van der Waals surface area contributed by atoms with E-state index in [1.807, 2.05) is 0 Å². The fourth-order valence-electron chi connectivity index (χ4n) is 2.92. The fraction of sp³-hybridized carbons (Fsp3) is 0.900. The van der Waals surface area contributed by atoms with Gasteiger partial charge in [0.15, 0.2) is 0 Å². The lowest BCUT2D eigenvalue weighted by Gasteiger charge is -2.31. The van der Waals surface area contributed by atoms with E-state index in [4.69, 9.17) is 9.84 Å². The van der Waals surface area contributed by atoms with Gasteiger partial charge in [-0.2, -0.15) is 0 Å². The zero-order valence-corrected chi connectivity index (χ0v) is 8.78. The highest BCUT2D eigenvalue weighted by atomic mass is 19.1. The molecule has 2 heterocycles. The van der Waals surface area contributed by atoms with Gasteiger partial charge in [0.25, 0.3) is 0 Å². The molecule has 0 spiro atoms. The van der Waals surface area contributed by atoms with Crippen LogP contribution < -0.4 is 0 Å². The minimum absolute atomic E-state index is 0.0224. The summed E-state index contributed by atoms with van der Waals surface area (Å²) in [5.74, 6) is -0.362. The Labute approximate surface area is 88.0 Å². The number of hydrogen-bond donors (Lipinski definition) is 1. The van der Waals surface area contributed by atoms with E-state index in [1.54, 1.807) is 4.90 Å². The van der Waals surface area contributed by atoms with E-state index >= 15 is 0 Å². The van der Waals surface area contributed by atoms with Crippen molar-refractivity contribution in [3.63, 3.8) is 0 Å². The summed E-state index contributed by atoms with van der Waals surface area (Å²) in [6, 6.07) is -0.0927. The average molecular weight is 217 g/mol. The highest BCUT2D eigenvalue weighted by Crippen LogP contribution is 2.43. The van der Waals surface area contributed by atoms with Gasteiger partial charge < -0.3 is 9.84 Å². The molecule has 0 aromatic heterocycles. The van der Waals surface area contributed by atoms with E-state index in [-0.39, 0.29) is 31.6 Å². The summed E-state index contributed by atoms with van der Waals surface area (Å²) >= 11 is 0. The molecule has 2 aliphatic rings. The molecule has 0 amide bonds. The number of rotatable bonds is 2. The van der Waals surface area contributed by atoms with Crippen LogP contribution in [0.3, 0.4) is 0 Å². The third-order valence-corrected chi connectivity index (χ3v) is 3.61. The van der Waals surface area contributed by atoms with Crippen molar-refractivity contribution < 1.29 is 19.0 Å². The molecule has 5 heteroatoms. The molecule has 86 valence electrons. The molecule has 15 heavy (non-hydrogen) atoms. The fourth-order valence-corrected chi connectivity index (χ4v) is 2.92. The van der Waals surface area contributed by atoms with Gasteiger partial charge in [0, 0.05) is 19.0 Å². The first-order chi connectivity index (χ1) is 7.14. The number of hydrogen-bond acceptors (Lipinski definition) is 4. The van der Waals surface area contributed by atoms with Crippen LogP contribution in [0.4, 0.5) is 4.39 Å². The summed E-state index contributed by atoms with van der Waals surface area (Å²) in [4.78, 5) is 13.5. The first kappa shape index (κ1) is 10.8. The van der Waals surface area contributed by atoms with Crippen LogP contribution in [0.1, 0.15) is 19.3 Å². The van der Waals surface area contributed by atoms with Crippen molar-refractivity contribution in [2.45, 2.75) is 37.0 Å². The quantitative estimate of drug-likeness (QED) is 0.666. The van der Waals surface area contributed by atoms with Crippen molar-refractivity contribution in [1.29, 1.82) is 0 Å². The zero-order valence-electron chi connectivity index (χ0n) is 8.78. The molecule has 0 bridgehead atoms. The first-order valence-electron chi connectivity index (χ1n) is 5.24. The number of aliphatic hydroxyl groups is 1. The van der Waals surface area contributed by atoms with Crippen molar-refractivity contribution >= 4 is 5.97 Å². The maximum atomic E-state index is 13.4. The summed E-state index contributed by atoms with van der Waals surface area (Å²) in [5.41, 5.74) is -0.804. The Bertz CT molecular complexity index is 273. The van der Waals surface area contributed by atoms with Gasteiger partial charge in [0.05, 0.1) is 13.7 Å². The lowest BCUT2D eigenvalue weighted by molar-refractivity contribution is -0.152. The molecule has 2 aliphatic heterocycles. The smallest absolute Gasteiger partial charge is 0.326 e. The van der Waals surface area contributed by atoms with Crippen LogP contribution in [0.2, 0.25) is 0 Å². The van der Waals surface area contributed by atoms with E-state index in [9.17, 15) is 9.18 Å². The maximum absolute atomic E-state index is 13.4. The number of alkyl halides is 1. The van der Waals surface area contributed by atoms with Gasteiger partial charge in [-0.25, -0.2) is 4.39 Å². The molecular weight excluding hydrogens is 201 g/mol. The van der Waals surface area contributed by atoms with Gasteiger partial charge in [-0.05, 0) is 12.8 Å². The molecule has 2 saturated heterocycles. The van der Waals surface area contributed by atoms with Gasteiger partial charge in [0.2, 0.25) is 0 Å². The Hall–Kier alpha value is -0.680. The summed E-state index contributed by atoms with van der Waals surface area (Å²) in [6.07, 6.45) is 0.540. The number of carbonyl (C=O) groups is 1. The average Bonchev–Trinajstić information content (AvgIpc) is 2.71. The lowest BCUT2D eigenvalue weighted by Crippen LogP contribution is -2.49.